The molecule has 2 aromatic rings. The summed E-state index contributed by atoms with van der Waals surface area (Å²) in [6, 6.07) is 9.16. The Bertz CT molecular complexity index is 606. The first-order valence-corrected chi connectivity index (χ1v) is 7.97. The third-order valence-corrected chi connectivity index (χ3v) is 4.92. The number of nitrogens with one attached hydrogen (secondary N) is 1. The third-order valence-electron chi connectivity index (χ3n) is 4.20. The Morgan fingerprint density at radius 1 is 1.40 bits per heavy atom. The van der Waals surface area contributed by atoms with Gasteiger partial charge in [-0.25, -0.2) is 0 Å². The SMILES string of the molecule is CC(NC1CCCc2c1cnn2C)c1ccccc1Br. The molecule has 20 heavy (non-hydrogen) atoms. The number of benzene rings is 1. The van der Waals surface area contributed by atoms with E-state index in [4.69, 9.17) is 0 Å². The average molecular weight is 334 g/mol. The first kappa shape index (κ1) is 13.8. The van der Waals surface area contributed by atoms with Gasteiger partial charge in [0.15, 0.2) is 0 Å². The minimum absolute atomic E-state index is 0.321. The highest BCUT2D eigenvalue weighted by Crippen LogP contribution is 2.32. The van der Waals surface area contributed by atoms with Gasteiger partial charge in [-0.2, -0.15) is 5.10 Å². The highest BCUT2D eigenvalue weighted by atomic mass is 79.9. The second kappa shape index (κ2) is 5.70. The molecule has 0 radical (unpaired) electrons. The zero-order chi connectivity index (χ0) is 14.1. The lowest BCUT2D eigenvalue weighted by molar-refractivity contribution is 0.410. The molecule has 1 heterocycles. The lowest BCUT2D eigenvalue weighted by Crippen LogP contribution is -2.28. The molecule has 1 aromatic carbocycles. The molecule has 1 aromatic heterocycles. The fraction of sp³-hybridized carbons (Fsp3) is 0.438. The van der Waals surface area contributed by atoms with Crippen LogP contribution in [0.5, 0.6) is 0 Å². The summed E-state index contributed by atoms with van der Waals surface area (Å²) in [5.41, 5.74) is 4.06. The number of aryl methyl sites for hydroxylation is 1. The van der Waals surface area contributed by atoms with Gasteiger partial charge < -0.3 is 5.32 Å². The number of fused-ring (bicyclic) bond motifs is 1. The van der Waals surface area contributed by atoms with Crippen LogP contribution in [0.15, 0.2) is 34.9 Å². The van der Waals surface area contributed by atoms with E-state index < -0.39 is 0 Å². The van der Waals surface area contributed by atoms with Gasteiger partial charge in [-0.05, 0) is 37.8 Å². The van der Waals surface area contributed by atoms with Gasteiger partial charge in [0, 0.05) is 34.9 Å². The van der Waals surface area contributed by atoms with Gasteiger partial charge in [-0.15, -0.1) is 0 Å². The van der Waals surface area contributed by atoms with E-state index in [1.807, 2.05) is 17.9 Å². The van der Waals surface area contributed by atoms with Crippen molar-refractivity contribution in [1.29, 1.82) is 0 Å². The van der Waals surface area contributed by atoms with Gasteiger partial charge in [0.05, 0.1) is 6.20 Å². The van der Waals surface area contributed by atoms with Gasteiger partial charge in [0.1, 0.15) is 0 Å². The van der Waals surface area contributed by atoms with Crippen molar-refractivity contribution >= 4 is 15.9 Å². The average Bonchev–Trinajstić information content (AvgIpc) is 2.82. The van der Waals surface area contributed by atoms with E-state index >= 15 is 0 Å². The summed E-state index contributed by atoms with van der Waals surface area (Å²) in [6.07, 6.45) is 5.59. The zero-order valence-electron chi connectivity index (χ0n) is 11.9. The summed E-state index contributed by atoms with van der Waals surface area (Å²) in [6.45, 7) is 2.23. The van der Waals surface area contributed by atoms with Crippen LogP contribution in [0.4, 0.5) is 0 Å². The molecule has 1 aliphatic rings. The number of hydrogen-bond acceptors (Lipinski definition) is 2. The van der Waals surface area contributed by atoms with Crippen LogP contribution in [-0.4, -0.2) is 9.78 Å². The van der Waals surface area contributed by atoms with Gasteiger partial charge >= 0.3 is 0 Å². The summed E-state index contributed by atoms with van der Waals surface area (Å²) in [5, 5.41) is 8.18. The van der Waals surface area contributed by atoms with E-state index in [0.717, 1.165) is 6.42 Å². The summed E-state index contributed by atoms with van der Waals surface area (Å²) in [7, 11) is 2.04. The normalized spacial score (nSPS) is 19.6. The van der Waals surface area contributed by atoms with E-state index in [1.165, 1.54) is 34.1 Å². The number of hydrogen-bond donors (Lipinski definition) is 1. The van der Waals surface area contributed by atoms with Crippen molar-refractivity contribution < 1.29 is 0 Å². The van der Waals surface area contributed by atoms with Crippen LogP contribution in [-0.2, 0) is 13.5 Å². The lowest BCUT2D eigenvalue weighted by Gasteiger charge is -2.27. The van der Waals surface area contributed by atoms with Crippen LogP contribution < -0.4 is 5.32 Å². The summed E-state index contributed by atoms with van der Waals surface area (Å²) < 4.78 is 3.19. The van der Waals surface area contributed by atoms with E-state index in [1.54, 1.807) is 0 Å². The molecule has 0 fully saturated rings. The second-order valence-electron chi connectivity index (χ2n) is 5.52. The van der Waals surface area contributed by atoms with Crippen LogP contribution >= 0.6 is 15.9 Å². The van der Waals surface area contributed by atoms with E-state index in [0.29, 0.717) is 12.1 Å². The topological polar surface area (TPSA) is 29.9 Å². The van der Waals surface area contributed by atoms with Gasteiger partial charge in [-0.3, -0.25) is 4.68 Å². The zero-order valence-corrected chi connectivity index (χ0v) is 13.5. The molecule has 0 aliphatic heterocycles. The van der Waals surface area contributed by atoms with Gasteiger partial charge in [-0.1, -0.05) is 34.1 Å². The Morgan fingerprint density at radius 3 is 3.00 bits per heavy atom. The molecule has 2 unspecified atom stereocenters. The van der Waals surface area contributed by atoms with Crippen molar-refractivity contribution in [1.82, 2.24) is 15.1 Å². The van der Waals surface area contributed by atoms with Crippen molar-refractivity contribution in [2.45, 2.75) is 38.3 Å². The predicted octanol–water partition coefficient (Wildman–Crippen LogP) is 3.91. The van der Waals surface area contributed by atoms with Crippen molar-refractivity contribution in [2.75, 3.05) is 0 Å². The van der Waals surface area contributed by atoms with Crippen LogP contribution in [0.25, 0.3) is 0 Å². The lowest BCUT2D eigenvalue weighted by atomic mass is 9.92. The smallest absolute Gasteiger partial charge is 0.0540 e. The molecular weight excluding hydrogens is 314 g/mol. The molecule has 0 amide bonds. The fourth-order valence-corrected chi connectivity index (χ4v) is 3.73. The molecule has 1 aliphatic carbocycles. The van der Waals surface area contributed by atoms with E-state index in [9.17, 15) is 0 Å². The molecule has 106 valence electrons. The molecular formula is C16H20BrN3. The van der Waals surface area contributed by atoms with Crippen LogP contribution in [0.3, 0.4) is 0 Å². The Morgan fingerprint density at radius 2 is 2.20 bits per heavy atom. The van der Waals surface area contributed by atoms with Crippen LogP contribution in [0.1, 0.15) is 48.7 Å². The molecule has 0 saturated heterocycles. The molecule has 2 atom stereocenters. The fourth-order valence-electron chi connectivity index (χ4n) is 3.10. The predicted molar refractivity (Wildman–Crippen MR) is 84.6 cm³/mol. The quantitative estimate of drug-likeness (QED) is 0.922. The van der Waals surface area contributed by atoms with Crippen LogP contribution in [0.2, 0.25) is 0 Å². The van der Waals surface area contributed by atoms with Gasteiger partial charge in [0.2, 0.25) is 0 Å². The van der Waals surface area contributed by atoms with Crippen molar-refractivity contribution in [3.05, 3.63) is 51.8 Å². The Kier molecular flexibility index (Phi) is 3.94. The van der Waals surface area contributed by atoms with Gasteiger partial charge in [0.25, 0.3) is 0 Å². The van der Waals surface area contributed by atoms with E-state index in [-0.39, 0.29) is 0 Å². The standard InChI is InChI=1S/C16H20BrN3/c1-11(12-6-3-4-7-14(12)17)19-15-8-5-9-16-13(15)10-18-20(16)2/h3-4,6-7,10-11,15,19H,5,8-9H2,1-2H3. The summed E-state index contributed by atoms with van der Waals surface area (Å²) >= 11 is 3.64. The molecule has 4 heteroatoms. The Hall–Kier alpha value is -1.13. The number of aromatic nitrogens is 2. The number of rotatable bonds is 3. The minimum atomic E-state index is 0.321. The highest BCUT2D eigenvalue weighted by molar-refractivity contribution is 9.10. The molecule has 1 N–H and O–H groups in total. The number of halogens is 1. The molecule has 0 saturated carbocycles. The second-order valence-corrected chi connectivity index (χ2v) is 6.38. The maximum atomic E-state index is 4.41. The Labute approximate surface area is 128 Å². The molecule has 0 bridgehead atoms. The van der Waals surface area contributed by atoms with Crippen molar-refractivity contribution in [2.24, 2.45) is 7.05 Å². The summed E-state index contributed by atoms with van der Waals surface area (Å²) in [5.74, 6) is 0. The van der Waals surface area contributed by atoms with Crippen molar-refractivity contribution in [3.8, 4) is 0 Å². The molecule has 3 nitrogen and oxygen atoms in total. The monoisotopic (exact) mass is 333 g/mol. The largest absolute Gasteiger partial charge is 0.303 e. The molecule has 3 rings (SSSR count). The Balaban J connectivity index is 1.81. The van der Waals surface area contributed by atoms with Crippen molar-refractivity contribution in [3.63, 3.8) is 0 Å². The number of nitrogens with zero attached hydrogens (tertiary/aromatic N) is 2. The minimum Gasteiger partial charge on any atom is -0.303 e. The van der Waals surface area contributed by atoms with E-state index in [2.05, 4.69) is 57.5 Å². The van der Waals surface area contributed by atoms with Crippen LogP contribution in [0, 0.1) is 0 Å². The highest BCUT2D eigenvalue weighted by Gasteiger charge is 2.25. The maximum Gasteiger partial charge on any atom is 0.0540 e. The third kappa shape index (κ3) is 2.54. The summed E-state index contributed by atoms with van der Waals surface area (Å²) in [4.78, 5) is 0. The first-order chi connectivity index (χ1) is 9.66. The first-order valence-electron chi connectivity index (χ1n) is 7.18. The molecule has 0 spiro atoms. The maximum absolute atomic E-state index is 4.41.